The Balaban J connectivity index is 1.73. The Labute approximate surface area is 172 Å². The summed E-state index contributed by atoms with van der Waals surface area (Å²) in [5, 5.41) is 3.17. The van der Waals surface area contributed by atoms with E-state index in [1.54, 1.807) is 0 Å². The van der Waals surface area contributed by atoms with Gasteiger partial charge < -0.3 is 9.74 Å². The molecule has 0 bridgehead atoms. The zero-order chi connectivity index (χ0) is 19.2. The molecule has 1 aliphatic rings. The van der Waals surface area contributed by atoms with Gasteiger partial charge >= 0.3 is 0 Å². The summed E-state index contributed by atoms with van der Waals surface area (Å²) < 4.78 is 0. The molecule has 1 saturated heterocycles. The molecule has 0 radical (unpaired) electrons. The predicted molar refractivity (Wildman–Crippen MR) is 115 cm³/mol. The second-order valence-electron chi connectivity index (χ2n) is 7.05. The molecule has 0 aromatic heterocycles. The summed E-state index contributed by atoms with van der Waals surface area (Å²) in [6, 6.07) is 17.0. The number of nitrogens with zero attached hydrogens (tertiary/aromatic N) is 2. The van der Waals surface area contributed by atoms with Crippen molar-refractivity contribution >= 4 is 28.9 Å². The lowest BCUT2D eigenvalue weighted by Crippen LogP contribution is -2.51. The molecular formula is C22H28Cl2N2O. The van der Waals surface area contributed by atoms with Gasteiger partial charge in [-0.05, 0) is 49.9 Å². The van der Waals surface area contributed by atoms with Gasteiger partial charge in [0.15, 0.2) is 5.75 Å². The van der Waals surface area contributed by atoms with E-state index in [1.807, 2.05) is 18.2 Å². The summed E-state index contributed by atoms with van der Waals surface area (Å²) in [6.07, 6.45) is 4.27. The van der Waals surface area contributed by atoms with E-state index in [4.69, 9.17) is 28.0 Å². The molecule has 0 N–H and O–H groups in total. The number of hydrogen-bond donors (Lipinski definition) is 0. The number of rotatable bonds is 7. The van der Waals surface area contributed by atoms with Crippen LogP contribution >= 0.6 is 23.2 Å². The van der Waals surface area contributed by atoms with Gasteiger partial charge in [0.25, 0.3) is 0 Å². The van der Waals surface area contributed by atoms with Gasteiger partial charge in [0.05, 0.1) is 10.0 Å². The SMILES string of the molecule is CCCN(c1ccccc1)C1CCN(Oc2c(Cl)cccc2Cl)C(CC)C1. The Hall–Kier alpha value is -1.42. The Bertz CT molecular complexity index is 705. The predicted octanol–water partition coefficient (Wildman–Crippen LogP) is 6.45. The fraction of sp³-hybridized carbons (Fsp3) is 0.455. The number of hydrogen-bond acceptors (Lipinski definition) is 3. The van der Waals surface area contributed by atoms with Gasteiger partial charge in [-0.1, -0.05) is 61.3 Å². The third-order valence-electron chi connectivity index (χ3n) is 5.23. The highest BCUT2D eigenvalue weighted by molar-refractivity contribution is 6.37. The lowest BCUT2D eigenvalue weighted by molar-refractivity contribution is -0.116. The number of piperidine rings is 1. The molecule has 2 unspecified atom stereocenters. The third kappa shape index (κ3) is 4.90. The molecular weight excluding hydrogens is 379 g/mol. The Kier molecular flexibility index (Phi) is 7.28. The molecule has 2 atom stereocenters. The van der Waals surface area contributed by atoms with Gasteiger partial charge in [0, 0.05) is 30.9 Å². The third-order valence-corrected chi connectivity index (χ3v) is 5.82. The second-order valence-corrected chi connectivity index (χ2v) is 7.87. The van der Waals surface area contributed by atoms with Crippen LogP contribution in [0.4, 0.5) is 5.69 Å². The molecule has 1 heterocycles. The van der Waals surface area contributed by atoms with Crippen LogP contribution < -0.4 is 9.74 Å². The molecule has 1 fully saturated rings. The van der Waals surface area contributed by atoms with Crippen LogP contribution in [0.15, 0.2) is 48.5 Å². The number of para-hydroxylation sites is 2. The van der Waals surface area contributed by atoms with Crippen molar-refractivity contribution in [3.05, 3.63) is 58.6 Å². The molecule has 0 aliphatic carbocycles. The highest BCUT2D eigenvalue weighted by atomic mass is 35.5. The quantitative estimate of drug-likeness (QED) is 0.525. The van der Waals surface area contributed by atoms with Gasteiger partial charge in [0.1, 0.15) is 0 Å². The van der Waals surface area contributed by atoms with Crippen molar-refractivity contribution in [3.63, 3.8) is 0 Å². The molecule has 5 heteroatoms. The van der Waals surface area contributed by atoms with Gasteiger partial charge in [-0.3, -0.25) is 0 Å². The molecule has 3 rings (SSSR count). The summed E-state index contributed by atoms with van der Waals surface area (Å²) in [4.78, 5) is 8.72. The van der Waals surface area contributed by atoms with Crippen LogP contribution in [0.3, 0.4) is 0 Å². The fourth-order valence-electron chi connectivity index (χ4n) is 3.85. The van der Waals surface area contributed by atoms with Crippen LogP contribution in [0.5, 0.6) is 5.75 Å². The normalized spacial score (nSPS) is 20.4. The first-order valence-corrected chi connectivity index (χ1v) is 10.6. The summed E-state index contributed by atoms with van der Waals surface area (Å²) in [6.45, 7) is 6.38. The summed E-state index contributed by atoms with van der Waals surface area (Å²) in [5.74, 6) is 0.561. The van der Waals surface area contributed by atoms with Gasteiger partial charge in [0.2, 0.25) is 0 Å². The molecule has 0 amide bonds. The van der Waals surface area contributed by atoms with E-state index in [-0.39, 0.29) is 0 Å². The molecule has 2 aromatic rings. The number of benzene rings is 2. The van der Waals surface area contributed by atoms with Crippen molar-refractivity contribution in [1.29, 1.82) is 0 Å². The fourth-order valence-corrected chi connectivity index (χ4v) is 4.32. The first-order chi connectivity index (χ1) is 13.1. The standard InChI is InChI=1S/C22H28Cl2N2O/c1-3-14-25(18-9-6-5-7-10-18)19-13-15-26(17(4-2)16-19)27-22-20(23)11-8-12-21(22)24/h5-12,17,19H,3-4,13-16H2,1-2H3. The minimum atomic E-state index is 0.333. The molecule has 27 heavy (non-hydrogen) atoms. The Morgan fingerprint density at radius 3 is 2.37 bits per heavy atom. The molecule has 0 saturated carbocycles. The van der Waals surface area contributed by atoms with Crippen molar-refractivity contribution in [2.75, 3.05) is 18.0 Å². The molecule has 3 nitrogen and oxygen atoms in total. The first kappa shape index (κ1) is 20.3. The minimum absolute atomic E-state index is 0.333. The van der Waals surface area contributed by atoms with E-state index in [9.17, 15) is 0 Å². The molecule has 1 aliphatic heterocycles. The van der Waals surface area contributed by atoms with Crippen LogP contribution in [0.1, 0.15) is 39.5 Å². The van der Waals surface area contributed by atoms with E-state index in [0.29, 0.717) is 27.9 Å². The second kappa shape index (κ2) is 9.68. The maximum absolute atomic E-state index is 6.30. The van der Waals surface area contributed by atoms with Crippen LogP contribution in [0, 0.1) is 0 Å². The van der Waals surface area contributed by atoms with Crippen molar-refractivity contribution in [3.8, 4) is 5.75 Å². The minimum Gasteiger partial charge on any atom is -0.403 e. The average Bonchev–Trinajstić information content (AvgIpc) is 2.70. The zero-order valence-corrected chi connectivity index (χ0v) is 17.6. The highest BCUT2D eigenvalue weighted by Gasteiger charge is 2.32. The zero-order valence-electron chi connectivity index (χ0n) is 16.1. The van der Waals surface area contributed by atoms with Crippen molar-refractivity contribution in [2.45, 2.75) is 51.6 Å². The van der Waals surface area contributed by atoms with E-state index >= 15 is 0 Å². The summed E-state index contributed by atoms with van der Waals surface area (Å²) in [5.41, 5.74) is 1.31. The monoisotopic (exact) mass is 406 g/mol. The first-order valence-electron chi connectivity index (χ1n) is 9.84. The van der Waals surface area contributed by atoms with Crippen LogP contribution in [-0.2, 0) is 0 Å². The highest BCUT2D eigenvalue weighted by Crippen LogP contribution is 2.35. The van der Waals surface area contributed by atoms with E-state index in [0.717, 1.165) is 38.8 Å². The van der Waals surface area contributed by atoms with E-state index < -0.39 is 0 Å². The number of halogens is 2. The van der Waals surface area contributed by atoms with Gasteiger partial charge in [-0.15, -0.1) is 5.06 Å². The maximum atomic E-state index is 6.30. The van der Waals surface area contributed by atoms with Crippen molar-refractivity contribution in [2.24, 2.45) is 0 Å². The lowest BCUT2D eigenvalue weighted by atomic mass is 9.95. The molecule has 2 aromatic carbocycles. The van der Waals surface area contributed by atoms with Gasteiger partial charge in [-0.2, -0.15) is 0 Å². The smallest absolute Gasteiger partial charge is 0.184 e. The van der Waals surface area contributed by atoms with E-state index in [2.05, 4.69) is 54.1 Å². The molecule has 146 valence electrons. The van der Waals surface area contributed by atoms with Crippen LogP contribution in [0.25, 0.3) is 0 Å². The van der Waals surface area contributed by atoms with Gasteiger partial charge in [-0.25, -0.2) is 0 Å². The van der Waals surface area contributed by atoms with E-state index in [1.165, 1.54) is 5.69 Å². The number of hydroxylamine groups is 2. The van der Waals surface area contributed by atoms with Crippen LogP contribution in [-0.4, -0.2) is 30.2 Å². The molecule has 0 spiro atoms. The average molecular weight is 407 g/mol. The van der Waals surface area contributed by atoms with Crippen molar-refractivity contribution in [1.82, 2.24) is 5.06 Å². The largest absolute Gasteiger partial charge is 0.403 e. The summed E-state index contributed by atoms with van der Waals surface area (Å²) >= 11 is 12.6. The van der Waals surface area contributed by atoms with Crippen molar-refractivity contribution < 1.29 is 4.84 Å². The Morgan fingerprint density at radius 2 is 1.74 bits per heavy atom. The summed E-state index contributed by atoms with van der Waals surface area (Å²) in [7, 11) is 0. The number of anilines is 1. The van der Waals surface area contributed by atoms with Crippen LogP contribution in [0.2, 0.25) is 10.0 Å². The maximum Gasteiger partial charge on any atom is 0.184 e. The Morgan fingerprint density at radius 1 is 1.04 bits per heavy atom. The lowest BCUT2D eigenvalue weighted by Gasteiger charge is -2.43. The topological polar surface area (TPSA) is 15.7 Å².